The lowest BCUT2D eigenvalue weighted by Gasteiger charge is -2.12. The van der Waals surface area contributed by atoms with Gasteiger partial charge in [0.15, 0.2) is 0 Å². The molecule has 3 rings (SSSR count). The van der Waals surface area contributed by atoms with Gasteiger partial charge in [-0.3, -0.25) is 15.5 Å². The number of rotatable bonds is 6. The van der Waals surface area contributed by atoms with Crippen molar-refractivity contribution in [1.29, 1.82) is 0 Å². The van der Waals surface area contributed by atoms with Crippen molar-refractivity contribution in [1.82, 2.24) is 9.55 Å². The highest BCUT2D eigenvalue weighted by Crippen LogP contribution is 2.25. The second kappa shape index (κ2) is 7.12. The van der Waals surface area contributed by atoms with Gasteiger partial charge < -0.3 is 4.57 Å². The highest BCUT2D eigenvalue weighted by Gasteiger charge is 2.13. The fraction of sp³-hybridized carbons (Fsp3) is 0.222. The van der Waals surface area contributed by atoms with Gasteiger partial charge in [-0.25, -0.2) is 4.98 Å². The highest BCUT2D eigenvalue weighted by molar-refractivity contribution is 5.99. The zero-order chi connectivity index (χ0) is 17.8. The summed E-state index contributed by atoms with van der Waals surface area (Å²) < 4.78 is 2.22. The lowest BCUT2D eigenvalue weighted by molar-refractivity contribution is -0.384. The van der Waals surface area contributed by atoms with Gasteiger partial charge in [-0.1, -0.05) is 25.1 Å². The lowest BCUT2D eigenvalue weighted by Crippen LogP contribution is -2.01. The first-order valence-electron chi connectivity index (χ1n) is 8.10. The van der Waals surface area contributed by atoms with E-state index in [4.69, 9.17) is 0 Å². The summed E-state index contributed by atoms with van der Waals surface area (Å²) in [6.45, 7) is 4.32. The van der Waals surface area contributed by atoms with E-state index in [0.717, 1.165) is 22.9 Å². The van der Waals surface area contributed by atoms with Crippen LogP contribution in [0, 0.1) is 10.1 Å². The molecule has 0 saturated heterocycles. The van der Waals surface area contributed by atoms with Crippen LogP contribution in [0.25, 0.3) is 10.9 Å². The molecule has 0 amide bonds. The molecular weight excluding hydrogens is 318 g/mol. The molecule has 0 radical (unpaired) electrons. The van der Waals surface area contributed by atoms with Crippen molar-refractivity contribution in [3.05, 3.63) is 64.5 Å². The van der Waals surface area contributed by atoms with E-state index in [1.807, 2.05) is 18.2 Å². The van der Waals surface area contributed by atoms with Crippen LogP contribution in [0.2, 0.25) is 0 Å². The van der Waals surface area contributed by atoms with Crippen molar-refractivity contribution in [2.45, 2.75) is 26.3 Å². The summed E-state index contributed by atoms with van der Waals surface area (Å²) in [6.07, 6.45) is 6.23. The molecule has 0 unspecified atom stereocenters. The Bertz CT molecular complexity index is 932. The number of pyridine rings is 1. The minimum Gasteiger partial charge on any atom is -0.344 e. The third-order valence-corrected chi connectivity index (χ3v) is 4.19. The molecule has 1 atom stereocenters. The second-order valence-corrected chi connectivity index (χ2v) is 5.76. The Kier molecular flexibility index (Phi) is 4.74. The number of nitrogens with zero attached hydrogens (tertiary/aromatic N) is 4. The van der Waals surface area contributed by atoms with Crippen molar-refractivity contribution in [3.63, 3.8) is 0 Å². The molecule has 2 aromatic heterocycles. The van der Waals surface area contributed by atoms with Crippen LogP contribution in [0.1, 0.15) is 31.9 Å². The Labute approximate surface area is 145 Å². The van der Waals surface area contributed by atoms with Gasteiger partial charge >= 0.3 is 5.69 Å². The summed E-state index contributed by atoms with van der Waals surface area (Å²) in [4.78, 5) is 14.5. The van der Waals surface area contributed by atoms with Gasteiger partial charge in [0.25, 0.3) is 0 Å². The van der Waals surface area contributed by atoms with Crippen LogP contribution < -0.4 is 5.43 Å². The first-order chi connectivity index (χ1) is 12.1. The molecule has 25 heavy (non-hydrogen) atoms. The molecule has 0 bridgehead atoms. The molecule has 0 saturated carbocycles. The summed E-state index contributed by atoms with van der Waals surface area (Å²) >= 11 is 0. The van der Waals surface area contributed by atoms with E-state index in [-0.39, 0.29) is 11.5 Å². The Hall–Kier alpha value is -3.22. The van der Waals surface area contributed by atoms with Crippen LogP contribution in [0.4, 0.5) is 11.5 Å². The van der Waals surface area contributed by atoms with Gasteiger partial charge in [0.2, 0.25) is 5.82 Å². The Balaban J connectivity index is 1.91. The van der Waals surface area contributed by atoms with Crippen LogP contribution in [0.3, 0.4) is 0 Å². The minimum atomic E-state index is -0.486. The van der Waals surface area contributed by atoms with E-state index in [1.165, 1.54) is 18.3 Å². The quantitative estimate of drug-likeness (QED) is 0.411. The van der Waals surface area contributed by atoms with Gasteiger partial charge in [0.1, 0.15) is 0 Å². The molecule has 0 aliphatic carbocycles. The maximum Gasteiger partial charge on any atom is 0.313 e. The highest BCUT2D eigenvalue weighted by atomic mass is 16.6. The molecular formula is C18H19N5O2. The van der Waals surface area contributed by atoms with Crippen molar-refractivity contribution < 1.29 is 4.92 Å². The largest absolute Gasteiger partial charge is 0.344 e. The standard InChI is InChI=1S/C18H19N5O2/c1-3-13(2)22-12-14(15-7-4-5-8-16(15)22)11-20-21-18-17(23(24)25)9-6-10-19-18/h4-13H,3H2,1-2H3,(H,19,21)/b20-11-/t13-/m1/s1. The molecule has 1 aromatic carbocycles. The number of anilines is 1. The van der Waals surface area contributed by atoms with E-state index in [0.29, 0.717) is 6.04 Å². The number of hydrogen-bond donors (Lipinski definition) is 1. The molecule has 2 heterocycles. The number of nitrogens with one attached hydrogen (secondary N) is 1. The van der Waals surface area contributed by atoms with Gasteiger partial charge in [0.05, 0.1) is 11.1 Å². The van der Waals surface area contributed by atoms with Crippen LogP contribution in [0.5, 0.6) is 0 Å². The number of para-hydroxylation sites is 1. The smallest absolute Gasteiger partial charge is 0.313 e. The zero-order valence-electron chi connectivity index (χ0n) is 14.1. The van der Waals surface area contributed by atoms with E-state index in [9.17, 15) is 10.1 Å². The second-order valence-electron chi connectivity index (χ2n) is 5.76. The van der Waals surface area contributed by atoms with Crippen LogP contribution in [0.15, 0.2) is 53.9 Å². The van der Waals surface area contributed by atoms with Crippen molar-refractivity contribution in [2.75, 3.05) is 5.43 Å². The average Bonchev–Trinajstić information content (AvgIpc) is 3.00. The number of fused-ring (bicyclic) bond motifs is 1. The molecule has 7 nitrogen and oxygen atoms in total. The zero-order valence-corrected chi connectivity index (χ0v) is 14.1. The monoisotopic (exact) mass is 337 g/mol. The van der Waals surface area contributed by atoms with E-state index < -0.39 is 4.92 Å². The predicted octanol–water partition coefficient (Wildman–Crippen LogP) is 4.36. The number of hydrogen-bond acceptors (Lipinski definition) is 5. The van der Waals surface area contributed by atoms with E-state index in [2.05, 4.69) is 46.2 Å². The maximum atomic E-state index is 11.0. The summed E-state index contributed by atoms with van der Waals surface area (Å²) in [5, 5.41) is 16.2. The summed E-state index contributed by atoms with van der Waals surface area (Å²) in [7, 11) is 0. The van der Waals surface area contributed by atoms with Crippen molar-refractivity contribution in [3.8, 4) is 0 Å². The molecule has 128 valence electrons. The van der Waals surface area contributed by atoms with Crippen LogP contribution in [-0.2, 0) is 0 Å². The summed E-state index contributed by atoms with van der Waals surface area (Å²) in [5.74, 6) is 0.120. The van der Waals surface area contributed by atoms with Crippen molar-refractivity contribution >= 4 is 28.6 Å². The van der Waals surface area contributed by atoms with Crippen molar-refractivity contribution in [2.24, 2.45) is 5.10 Å². The number of nitro groups is 1. The molecule has 0 spiro atoms. The molecule has 0 aliphatic heterocycles. The summed E-state index contributed by atoms with van der Waals surface area (Å²) in [6, 6.07) is 11.4. The van der Waals surface area contributed by atoms with Crippen LogP contribution in [-0.4, -0.2) is 20.7 Å². The molecule has 7 heteroatoms. The first-order valence-corrected chi connectivity index (χ1v) is 8.10. The number of hydrazone groups is 1. The first kappa shape index (κ1) is 16.6. The van der Waals surface area contributed by atoms with Gasteiger partial charge in [-0.2, -0.15) is 5.10 Å². The van der Waals surface area contributed by atoms with Gasteiger partial charge in [0, 0.05) is 41.0 Å². The van der Waals surface area contributed by atoms with Crippen LogP contribution >= 0.6 is 0 Å². The molecule has 0 fully saturated rings. The Morgan fingerprint density at radius 3 is 2.92 bits per heavy atom. The number of aromatic nitrogens is 2. The fourth-order valence-electron chi connectivity index (χ4n) is 2.69. The average molecular weight is 337 g/mol. The molecule has 3 aromatic rings. The normalized spacial score (nSPS) is 12.6. The fourth-order valence-corrected chi connectivity index (χ4v) is 2.69. The van der Waals surface area contributed by atoms with E-state index in [1.54, 1.807) is 6.21 Å². The number of benzene rings is 1. The third-order valence-electron chi connectivity index (χ3n) is 4.19. The topological polar surface area (TPSA) is 85.3 Å². The third kappa shape index (κ3) is 3.35. The summed E-state index contributed by atoms with van der Waals surface area (Å²) in [5.41, 5.74) is 4.65. The SMILES string of the molecule is CC[C@@H](C)n1cc(/C=N\Nc2ncccc2[N+](=O)[O-])c2ccccc21. The lowest BCUT2D eigenvalue weighted by atomic mass is 10.2. The predicted molar refractivity (Wildman–Crippen MR) is 99.0 cm³/mol. The molecule has 1 N–H and O–H groups in total. The minimum absolute atomic E-state index is 0.110. The van der Waals surface area contributed by atoms with Gasteiger partial charge in [-0.15, -0.1) is 0 Å². The Morgan fingerprint density at radius 2 is 2.16 bits per heavy atom. The van der Waals surface area contributed by atoms with Gasteiger partial charge in [-0.05, 0) is 25.5 Å². The van der Waals surface area contributed by atoms with E-state index >= 15 is 0 Å². The maximum absolute atomic E-state index is 11.0. The molecule has 0 aliphatic rings. The Morgan fingerprint density at radius 1 is 1.36 bits per heavy atom.